The summed E-state index contributed by atoms with van der Waals surface area (Å²) in [6.07, 6.45) is 1.36. The van der Waals surface area contributed by atoms with Crippen molar-refractivity contribution in [1.29, 1.82) is 0 Å². The van der Waals surface area contributed by atoms with Gasteiger partial charge in [0.05, 0.1) is 0 Å². The van der Waals surface area contributed by atoms with E-state index in [0.717, 1.165) is 21.5 Å². The minimum atomic E-state index is -1.11. The predicted molar refractivity (Wildman–Crippen MR) is 73.7 cm³/mol. The number of hydrogen-bond donors (Lipinski definition) is 2. The Kier molecular flexibility index (Phi) is 3.84. The van der Waals surface area contributed by atoms with E-state index in [1.165, 1.54) is 12.3 Å². The van der Waals surface area contributed by atoms with E-state index in [2.05, 4.69) is 10.4 Å². The number of aromatic carboxylic acids is 1. The van der Waals surface area contributed by atoms with Crippen LogP contribution in [0.4, 0.5) is 5.69 Å². The zero-order valence-corrected chi connectivity index (χ0v) is 11.3. The van der Waals surface area contributed by atoms with E-state index < -0.39 is 5.97 Å². The summed E-state index contributed by atoms with van der Waals surface area (Å²) in [5, 5.41) is 15.6. The molecule has 6 nitrogen and oxygen atoms in total. The first kappa shape index (κ1) is 13.8. The average molecular weight is 273 g/mol. The van der Waals surface area contributed by atoms with Gasteiger partial charge in [-0.1, -0.05) is 18.2 Å². The Labute approximate surface area is 116 Å². The van der Waals surface area contributed by atoms with Crippen molar-refractivity contribution in [1.82, 2.24) is 9.78 Å². The van der Waals surface area contributed by atoms with E-state index >= 15 is 0 Å². The molecule has 2 aromatic rings. The average Bonchev–Trinajstić information content (AvgIpc) is 2.82. The standard InChI is InChI=1S/C14H15N3O3/c1-9-4-3-5-10(2)13(9)16-12(18)8-17-11(14(19)20)6-7-15-17/h3-7H,8H2,1-2H3,(H,16,18)(H,19,20). The topological polar surface area (TPSA) is 84.2 Å². The summed E-state index contributed by atoms with van der Waals surface area (Å²) in [5.41, 5.74) is 2.65. The highest BCUT2D eigenvalue weighted by molar-refractivity contribution is 5.93. The quantitative estimate of drug-likeness (QED) is 0.890. The van der Waals surface area contributed by atoms with Crippen molar-refractivity contribution in [3.63, 3.8) is 0 Å². The number of aromatic nitrogens is 2. The minimum absolute atomic E-state index is 0.0124. The van der Waals surface area contributed by atoms with E-state index in [1.807, 2.05) is 32.0 Å². The third-order valence-corrected chi connectivity index (χ3v) is 2.97. The zero-order chi connectivity index (χ0) is 14.7. The third kappa shape index (κ3) is 2.85. The summed E-state index contributed by atoms with van der Waals surface area (Å²) in [5.74, 6) is -1.42. The largest absolute Gasteiger partial charge is 0.477 e. The summed E-state index contributed by atoms with van der Waals surface area (Å²) < 4.78 is 1.16. The molecule has 1 heterocycles. The van der Waals surface area contributed by atoms with Gasteiger partial charge >= 0.3 is 5.97 Å². The van der Waals surface area contributed by atoms with Crippen molar-refractivity contribution in [2.24, 2.45) is 0 Å². The molecule has 1 aromatic carbocycles. The molecule has 0 atom stereocenters. The van der Waals surface area contributed by atoms with E-state index in [1.54, 1.807) is 0 Å². The molecular weight excluding hydrogens is 258 g/mol. The smallest absolute Gasteiger partial charge is 0.354 e. The van der Waals surface area contributed by atoms with Crippen LogP contribution in [0.15, 0.2) is 30.5 Å². The Bertz CT molecular complexity index is 641. The zero-order valence-electron chi connectivity index (χ0n) is 11.3. The Morgan fingerprint density at radius 3 is 2.50 bits per heavy atom. The number of carboxylic acid groups (broad SMARTS) is 1. The summed E-state index contributed by atoms with van der Waals surface area (Å²) in [6.45, 7) is 3.67. The van der Waals surface area contributed by atoms with Crippen molar-refractivity contribution >= 4 is 17.6 Å². The molecule has 0 radical (unpaired) electrons. The van der Waals surface area contributed by atoms with E-state index in [0.29, 0.717) is 0 Å². The van der Waals surface area contributed by atoms with Crippen LogP contribution in [-0.4, -0.2) is 26.8 Å². The molecule has 104 valence electrons. The number of benzene rings is 1. The summed E-state index contributed by atoms with van der Waals surface area (Å²) >= 11 is 0. The fourth-order valence-electron chi connectivity index (χ4n) is 1.97. The van der Waals surface area contributed by atoms with Gasteiger partial charge in [0.15, 0.2) is 0 Å². The Morgan fingerprint density at radius 2 is 1.90 bits per heavy atom. The van der Waals surface area contributed by atoms with Crippen molar-refractivity contribution in [3.05, 3.63) is 47.3 Å². The van der Waals surface area contributed by atoms with Gasteiger partial charge in [-0.3, -0.25) is 4.79 Å². The maximum absolute atomic E-state index is 12.0. The number of anilines is 1. The second-order valence-electron chi connectivity index (χ2n) is 4.49. The van der Waals surface area contributed by atoms with Gasteiger partial charge in [0.2, 0.25) is 5.91 Å². The first-order valence-corrected chi connectivity index (χ1v) is 6.10. The fraction of sp³-hybridized carbons (Fsp3) is 0.214. The highest BCUT2D eigenvalue weighted by Gasteiger charge is 2.14. The molecule has 2 N–H and O–H groups in total. The number of rotatable bonds is 4. The van der Waals surface area contributed by atoms with Crippen LogP contribution in [0.25, 0.3) is 0 Å². The van der Waals surface area contributed by atoms with E-state index in [-0.39, 0.29) is 18.1 Å². The van der Waals surface area contributed by atoms with Crippen LogP contribution in [-0.2, 0) is 11.3 Å². The molecule has 0 unspecified atom stereocenters. The maximum atomic E-state index is 12.0. The van der Waals surface area contributed by atoms with Crippen LogP contribution < -0.4 is 5.32 Å². The van der Waals surface area contributed by atoms with Gasteiger partial charge in [-0.2, -0.15) is 5.10 Å². The fourth-order valence-corrected chi connectivity index (χ4v) is 1.97. The summed E-state index contributed by atoms with van der Waals surface area (Å²) in [7, 11) is 0. The molecule has 0 saturated heterocycles. The van der Waals surface area contributed by atoms with Gasteiger partial charge in [-0.05, 0) is 31.0 Å². The van der Waals surface area contributed by atoms with E-state index in [9.17, 15) is 9.59 Å². The minimum Gasteiger partial charge on any atom is -0.477 e. The van der Waals surface area contributed by atoms with Crippen LogP contribution in [0.3, 0.4) is 0 Å². The van der Waals surface area contributed by atoms with Crippen molar-refractivity contribution in [2.75, 3.05) is 5.32 Å². The van der Waals surface area contributed by atoms with Crippen molar-refractivity contribution in [3.8, 4) is 0 Å². The SMILES string of the molecule is Cc1cccc(C)c1NC(=O)Cn1nccc1C(=O)O. The number of carboxylic acids is 1. The lowest BCUT2D eigenvalue weighted by Gasteiger charge is -2.11. The summed E-state index contributed by atoms with van der Waals surface area (Å²) in [6, 6.07) is 7.07. The Hall–Kier alpha value is -2.63. The first-order chi connectivity index (χ1) is 9.49. The normalized spacial score (nSPS) is 10.3. The second kappa shape index (κ2) is 5.56. The molecule has 1 amide bonds. The highest BCUT2D eigenvalue weighted by Crippen LogP contribution is 2.19. The number of para-hydroxylation sites is 1. The molecule has 1 aromatic heterocycles. The number of nitrogens with zero attached hydrogens (tertiary/aromatic N) is 2. The van der Waals surface area contributed by atoms with Crippen LogP contribution in [0.1, 0.15) is 21.6 Å². The van der Waals surface area contributed by atoms with Crippen molar-refractivity contribution < 1.29 is 14.7 Å². The second-order valence-corrected chi connectivity index (χ2v) is 4.49. The van der Waals surface area contributed by atoms with Crippen LogP contribution in [0.2, 0.25) is 0 Å². The predicted octanol–water partition coefficient (Wildman–Crippen LogP) is 1.84. The monoisotopic (exact) mass is 273 g/mol. The number of amides is 1. The summed E-state index contributed by atoms with van der Waals surface area (Å²) in [4.78, 5) is 22.9. The van der Waals surface area contributed by atoms with Crippen LogP contribution in [0.5, 0.6) is 0 Å². The van der Waals surface area contributed by atoms with Gasteiger partial charge < -0.3 is 10.4 Å². The molecule has 0 saturated carbocycles. The van der Waals surface area contributed by atoms with Gasteiger partial charge in [-0.25, -0.2) is 9.48 Å². The molecule has 0 spiro atoms. The molecule has 2 rings (SSSR count). The van der Waals surface area contributed by atoms with Crippen LogP contribution in [0, 0.1) is 13.8 Å². The van der Waals surface area contributed by atoms with E-state index in [4.69, 9.17) is 5.11 Å². The van der Waals surface area contributed by atoms with Gasteiger partial charge in [0.25, 0.3) is 0 Å². The molecule has 20 heavy (non-hydrogen) atoms. The molecule has 0 aliphatic carbocycles. The lowest BCUT2D eigenvalue weighted by Crippen LogP contribution is -2.22. The van der Waals surface area contributed by atoms with Gasteiger partial charge in [0, 0.05) is 11.9 Å². The van der Waals surface area contributed by atoms with Crippen LogP contribution >= 0.6 is 0 Å². The molecule has 6 heteroatoms. The molecule has 0 bridgehead atoms. The Morgan fingerprint density at radius 1 is 1.25 bits per heavy atom. The molecule has 0 fully saturated rings. The maximum Gasteiger partial charge on any atom is 0.354 e. The van der Waals surface area contributed by atoms with Gasteiger partial charge in [0.1, 0.15) is 12.2 Å². The Balaban J connectivity index is 2.14. The number of hydrogen-bond acceptors (Lipinski definition) is 3. The molecular formula is C14H15N3O3. The third-order valence-electron chi connectivity index (χ3n) is 2.97. The number of nitrogens with one attached hydrogen (secondary N) is 1. The lowest BCUT2D eigenvalue weighted by molar-refractivity contribution is -0.116. The molecule has 0 aliphatic rings. The highest BCUT2D eigenvalue weighted by atomic mass is 16.4. The molecule has 0 aliphatic heterocycles. The lowest BCUT2D eigenvalue weighted by atomic mass is 10.1. The van der Waals surface area contributed by atoms with Gasteiger partial charge in [-0.15, -0.1) is 0 Å². The number of carbonyl (C=O) groups excluding carboxylic acids is 1. The number of aryl methyl sites for hydroxylation is 2. The number of carbonyl (C=O) groups is 2. The first-order valence-electron chi connectivity index (χ1n) is 6.10. The van der Waals surface area contributed by atoms with Crippen molar-refractivity contribution in [2.45, 2.75) is 20.4 Å².